The van der Waals surface area contributed by atoms with Crippen LogP contribution in [0.2, 0.25) is 0 Å². The quantitative estimate of drug-likeness (QED) is 0.777. The molecule has 1 unspecified atom stereocenters. The van der Waals surface area contributed by atoms with Gasteiger partial charge in [0.2, 0.25) is 0 Å². The molecule has 0 spiro atoms. The van der Waals surface area contributed by atoms with E-state index in [2.05, 4.69) is 19.1 Å². The van der Waals surface area contributed by atoms with Gasteiger partial charge in [0.05, 0.1) is 18.5 Å². The molecule has 1 atom stereocenters. The van der Waals surface area contributed by atoms with Gasteiger partial charge in [0.25, 0.3) is 0 Å². The summed E-state index contributed by atoms with van der Waals surface area (Å²) in [5.41, 5.74) is 7.89. The van der Waals surface area contributed by atoms with Gasteiger partial charge in [-0.3, -0.25) is 0 Å². The van der Waals surface area contributed by atoms with Crippen molar-refractivity contribution < 1.29 is 4.74 Å². The highest BCUT2D eigenvalue weighted by Gasteiger charge is 2.22. The van der Waals surface area contributed by atoms with Gasteiger partial charge in [-0.1, -0.05) is 12.1 Å². The zero-order valence-corrected chi connectivity index (χ0v) is 9.09. The van der Waals surface area contributed by atoms with Crippen molar-refractivity contribution in [3.8, 4) is 0 Å². The Kier molecular flexibility index (Phi) is 2.99. The van der Waals surface area contributed by atoms with Crippen LogP contribution in [0.4, 0.5) is 5.69 Å². The SMILES string of the molecule is CC(SC1COC1)c1cccc(N)c1. The summed E-state index contributed by atoms with van der Waals surface area (Å²) in [6.07, 6.45) is 0. The summed E-state index contributed by atoms with van der Waals surface area (Å²) in [4.78, 5) is 0. The molecule has 1 fully saturated rings. The summed E-state index contributed by atoms with van der Waals surface area (Å²) in [7, 11) is 0. The minimum absolute atomic E-state index is 0.507. The number of hydrogen-bond donors (Lipinski definition) is 1. The second kappa shape index (κ2) is 4.24. The van der Waals surface area contributed by atoms with Crippen LogP contribution in [0, 0.1) is 0 Å². The summed E-state index contributed by atoms with van der Waals surface area (Å²) >= 11 is 1.97. The minimum atomic E-state index is 0.507. The van der Waals surface area contributed by atoms with Crippen molar-refractivity contribution in [2.24, 2.45) is 0 Å². The van der Waals surface area contributed by atoms with Crippen LogP contribution in [-0.4, -0.2) is 18.5 Å². The summed E-state index contributed by atoms with van der Waals surface area (Å²) in [5.74, 6) is 0. The molecule has 0 bridgehead atoms. The topological polar surface area (TPSA) is 35.2 Å². The van der Waals surface area contributed by atoms with E-state index in [1.807, 2.05) is 23.9 Å². The Morgan fingerprint density at radius 1 is 1.50 bits per heavy atom. The van der Waals surface area contributed by atoms with Crippen LogP contribution in [-0.2, 0) is 4.74 Å². The standard InChI is InChI=1S/C11H15NOS/c1-8(14-11-6-13-7-11)9-3-2-4-10(12)5-9/h2-5,8,11H,6-7,12H2,1H3. The van der Waals surface area contributed by atoms with E-state index in [0.29, 0.717) is 10.5 Å². The third-order valence-electron chi connectivity index (χ3n) is 2.38. The average Bonchev–Trinajstić information content (AvgIpc) is 2.11. The van der Waals surface area contributed by atoms with Crippen molar-refractivity contribution in [3.05, 3.63) is 29.8 Å². The molecule has 0 aromatic heterocycles. The summed E-state index contributed by atoms with van der Waals surface area (Å²) in [6, 6.07) is 8.12. The van der Waals surface area contributed by atoms with Crippen molar-refractivity contribution in [3.63, 3.8) is 0 Å². The number of ether oxygens (including phenoxy) is 1. The molecule has 2 N–H and O–H groups in total. The molecule has 2 rings (SSSR count). The Morgan fingerprint density at radius 2 is 2.29 bits per heavy atom. The molecule has 1 aliphatic heterocycles. The second-order valence-electron chi connectivity index (χ2n) is 3.61. The molecule has 1 saturated heterocycles. The summed E-state index contributed by atoms with van der Waals surface area (Å²) < 4.78 is 5.15. The molecule has 14 heavy (non-hydrogen) atoms. The predicted octanol–water partition coefficient (Wildman–Crippen LogP) is 2.46. The van der Waals surface area contributed by atoms with Gasteiger partial charge in [0, 0.05) is 10.9 Å². The first-order chi connectivity index (χ1) is 6.75. The maximum Gasteiger partial charge on any atom is 0.0608 e. The molecule has 3 heteroatoms. The molecule has 1 heterocycles. The Balaban J connectivity index is 1.98. The van der Waals surface area contributed by atoms with Gasteiger partial charge in [-0.2, -0.15) is 0 Å². The zero-order chi connectivity index (χ0) is 9.97. The van der Waals surface area contributed by atoms with Crippen molar-refractivity contribution in [1.29, 1.82) is 0 Å². The number of thioether (sulfide) groups is 1. The monoisotopic (exact) mass is 209 g/mol. The average molecular weight is 209 g/mol. The lowest BCUT2D eigenvalue weighted by molar-refractivity contribution is 0.0453. The smallest absolute Gasteiger partial charge is 0.0608 e. The minimum Gasteiger partial charge on any atom is -0.399 e. The van der Waals surface area contributed by atoms with E-state index in [1.54, 1.807) is 0 Å². The first kappa shape index (κ1) is 9.87. The van der Waals surface area contributed by atoms with Crippen molar-refractivity contribution >= 4 is 17.4 Å². The third kappa shape index (κ3) is 2.22. The third-order valence-corrected chi connectivity index (χ3v) is 3.72. The van der Waals surface area contributed by atoms with E-state index in [-0.39, 0.29) is 0 Å². The Labute approximate surface area is 88.8 Å². The van der Waals surface area contributed by atoms with Crippen LogP contribution in [0.1, 0.15) is 17.7 Å². The number of rotatable bonds is 3. The van der Waals surface area contributed by atoms with Crippen LogP contribution in [0.3, 0.4) is 0 Å². The van der Waals surface area contributed by atoms with Crippen LogP contribution < -0.4 is 5.73 Å². The maximum absolute atomic E-state index is 5.74. The lowest BCUT2D eigenvalue weighted by Gasteiger charge is -2.28. The Hall–Kier alpha value is -0.670. The molecule has 1 aromatic rings. The van der Waals surface area contributed by atoms with Gasteiger partial charge in [-0.05, 0) is 24.6 Å². The fraction of sp³-hybridized carbons (Fsp3) is 0.455. The lowest BCUT2D eigenvalue weighted by atomic mass is 10.1. The van der Waals surface area contributed by atoms with Crippen LogP contribution in [0.25, 0.3) is 0 Å². The molecule has 1 aromatic carbocycles. The fourth-order valence-electron chi connectivity index (χ4n) is 1.47. The van der Waals surface area contributed by atoms with Crippen LogP contribution in [0.5, 0.6) is 0 Å². The molecule has 2 nitrogen and oxygen atoms in total. The second-order valence-corrected chi connectivity index (χ2v) is 5.25. The number of nitrogen functional groups attached to an aromatic ring is 1. The predicted molar refractivity (Wildman–Crippen MR) is 61.5 cm³/mol. The van der Waals surface area contributed by atoms with Crippen molar-refractivity contribution in [1.82, 2.24) is 0 Å². The van der Waals surface area contributed by atoms with E-state index in [4.69, 9.17) is 10.5 Å². The van der Waals surface area contributed by atoms with E-state index >= 15 is 0 Å². The van der Waals surface area contributed by atoms with Crippen LogP contribution >= 0.6 is 11.8 Å². The van der Waals surface area contributed by atoms with Crippen molar-refractivity contribution in [2.45, 2.75) is 17.4 Å². The van der Waals surface area contributed by atoms with Gasteiger partial charge in [0.15, 0.2) is 0 Å². The lowest BCUT2D eigenvalue weighted by Crippen LogP contribution is -2.30. The zero-order valence-electron chi connectivity index (χ0n) is 8.27. The molecule has 0 aliphatic carbocycles. The molecule has 0 amide bonds. The van der Waals surface area contributed by atoms with Gasteiger partial charge >= 0.3 is 0 Å². The maximum atomic E-state index is 5.74. The van der Waals surface area contributed by atoms with Gasteiger partial charge in [-0.25, -0.2) is 0 Å². The molecular formula is C11H15NOS. The van der Waals surface area contributed by atoms with Crippen LogP contribution in [0.15, 0.2) is 24.3 Å². The first-order valence-electron chi connectivity index (χ1n) is 4.84. The molecule has 76 valence electrons. The number of benzene rings is 1. The van der Waals surface area contributed by atoms with Gasteiger partial charge in [-0.15, -0.1) is 11.8 Å². The van der Waals surface area contributed by atoms with E-state index < -0.39 is 0 Å². The van der Waals surface area contributed by atoms with E-state index in [9.17, 15) is 0 Å². The summed E-state index contributed by atoms with van der Waals surface area (Å²) in [5, 5.41) is 1.18. The first-order valence-corrected chi connectivity index (χ1v) is 5.78. The van der Waals surface area contributed by atoms with Gasteiger partial charge in [0.1, 0.15) is 0 Å². The highest BCUT2D eigenvalue weighted by molar-refractivity contribution is 8.00. The van der Waals surface area contributed by atoms with E-state index in [0.717, 1.165) is 18.9 Å². The van der Waals surface area contributed by atoms with Crippen molar-refractivity contribution in [2.75, 3.05) is 18.9 Å². The molecule has 1 aliphatic rings. The number of nitrogens with two attached hydrogens (primary N) is 1. The Morgan fingerprint density at radius 3 is 2.86 bits per heavy atom. The normalized spacial score (nSPS) is 18.9. The summed E-state index contributed by atoms with van der Waals surface area (Å²) in [6.45, 7) is 4.02. The highest BCUT2D eigenvalue weighted by Crippen LogP contribution is 2.35. The molecular weight excluding hydrogens is 194 g/mol. The van der Waals surface area contributed by atoms with Gasteiger partial charge < -0.3 is 10.5 Å². The molecule has 0 radical (unpaired) electrons. The fourth-order valence-corrected chi connectivity index (χ4v) is 2.70. The Bertz CT molecular complexity index is 312. The van der Waals surface area contributed by atoms with E-state index in [1.165, 1.54) is 5.56 Å². The molecule has 0 saturated carbocycles. The number of anilines is 1. The largest absolute Gasteiger partial charge is 0.399 e. The number of hydrogen-bond acceptors (Lipinski definition) is 3. The highest BCUT2D eigenvalue weighted by atomic mass is 32.2.